The molecule has 0 aromatic carbocycles. The number of ketones is 1. The maximum atomic E-state index is 13.0. The molecular formula is C16H21N3O4S2. The van der Waals surface area contributed by atoms with Crippen LogP contribution in [0.2, 0.25) is 0 Å². The number of carbonyl (C=O) groups excluding carboxylic acids is 2. The maximum Gasteiger partial charge on any atom is 0.234 e. The van der Waals surface area contributed by atoms with Gasteiger partial charge in [-0.1, -0.05) is 11.3 Å². The van der Waals surface area contributed by atoms with Crippen LogP contribution in [0, 0.1) is 23.2 Å². The van der Waals surface area contributed by atoms with E-state index in [0.29, 0.717) is 17.8 Å². The number of hydrogen-bond donors (Lipinski definition) is 1. The Kier molecular flexibility index (Phi) is 3.99. The molecule has 25 heavy (non-hydrogen) atoms. The van der Waals surface area contributed by atoms with E-state index in [9.17, 15) is 18.0 Å². The van der Waals surface area contributed by atoms with E-state index in [0.717, 1.165) is 30.6 Å². The molecule has 4 aliphatic rings. The number of rotatable bonds is 5. The quantitative estimate of drug-likeness (QED) is 0.780. The molecule has 0 spiro atoms. The Hall–Kier alpha value is -1.35. The van der Waals surface area contributed by atoms with Crippen molar-refractivity contribution in [2.75, 3.05) is 11.1 Å². The lowest BCUT2D eigenvalue weighted by Crippen LogP contribution is -2.51. The molecule has 0 unspecified atom stereocenters. The van der Waals surface area contributed by atoms with E-state index in [2.05, 4.69) is 15.5 Å². The number of aromatic nitrogens is 2. The first kappa shape index (κ1) is 17.1. The zero-order valence-corrected chi connectivity index (χ0v) is 15.7. The Morgan fingerprint density at radius 3 is 2.20 bits per heavy atom. The number of Topliss-reactive ketones (excluding diaryl/α,β-unsaturated/α-hetero) is 1. The van der Waals surface area contributed by atoms with Crippen LogP contribution in [0.15, 0.2) is 4.34 Å². The molecule has 0 saturated heterocycles. The van der Waals surface area contributed by atoms with E-state index >= 15 is 0 Å². The standard InChI is InChI=1S/C16H21N3O4S2/c1-9(20)17-14-18-19-15(24-14)25(22,23)8-13(21)16-5-10-2-11(6-16)4-12(3-10)7-16/h10-12H,2-8H2,1H3,(H,17,18,20). The van der Waals surface area contributed by atoms with Gasteiger partial charge in [-0.2, -0.15) is 0 Å². The number of sulfone groups is 1. The summed E-state index contributed by atoms with van der Waals surface area (Å²) in [6.45, 7) is 1.31. The van der Waals surface area contributed by atoms with Gasteiger partial charge in [-0.05, 0) is 56.3 Å². The molecule has 9 heteroatoms. The third-order valence-electron chi connectivity index (χ3n) is 5.91. The average molecular weight is 383 g/mol. The highest BCUT2D eigenvalue weighted by atomic mass is 32.2. The van der Waals surface area contributed by atoms with Crippen molar-refractivity contribution in [3.05, 3.63) is 0 Å². The Labute approximate surface area is 150 Å². The van der Waals surface area contributed by atoms with Crippen LogP contribution < -0.4 is 5.32 Å². The maximum absolute atomic E-state index is 13.0. The molecule has 4 saturated carbocycles. The highest BCUT2D eigenvalue weighted by molar-refractivity contribution is 7.94. The molecule has 0 atom stereocenters. The topological polar surface area (TPSA) is 106 Å². The molecule has 1 aromatic rings. The van der Waals surface area contributed by atoms with E-state index in [1.54, 1.807) is 0 Å². The summed E-state index contributed by atoms with van der Waals surface area (Å²) in [7, 11) is -3.82. The van der Waals surface area contributed by atoms with Gasteiger partial charge in [0.2, 0.25) is 25.2 Å². The summed E-state index contributed by atoms with van der Waals surface area (Å²) in [4.78, 5) is 24.0. The summed E-state index contributed by atoms with van der Waals surface area (Å²) in [5.74, 6) is 0.767. The lowest BCUT2D eigenvalue weighted by molar-refractivity contribution is -0.141. The predicted molar refractivity (Wildman–Crippen MR) is 91.9 cm³/mol. The first-order chi connectivity index (χ1) is 11.8. The van der Waals surface area contributed by atoms with Crippen LogP contribution in [-0.4, -0.2) is 36.1 Å². The second-order valence-electron chi connectivity index (χ2n) is 7.93. The van der Waals surface area contributed by atoms with E-state index < -0.39 is 21.0 Å². The van der Waals surface area contributed by atoms with E-state index in [-0.39, 0.29) is 21.2 Å². The van der Waals surface area contributed by atoms with Crippen LogP contribution >= 0.6 is 11.3 Å². The van der Waals surface area contributed by atoms with Crippen molar-refractivity contribution < 1.29 is 18.0 Å². The molecule has 4 bridgehead atoms. The molecule has 1 N–H and O–H groups in total. The molecular weight excluding hydrogens is 362 g/mol. The van der Waals surface area contributed by atoms with Gasteiger partial charge in [-0.15, -0.1) is 10.2 Å². The molecule has 0 aliphatic heterocycles. The second-order valence-corrected chi connectivity index (χ2v) is 11.1. The smallest absolute Gasteiger partial charge is 0.234 e. The van der Waals surface area contributed by atoms with Gasteiger partial charge in [0, 0.05) is 12.3 Å². The molecule has 136 valence electrons. The van der Waals surface area contributed by atoms with Crippen molar-refractivity contribution in [2.45, 2.75) is 49.8 Å². The first-order valence-corrected chi connectivity index (χ1v) is 11.1. The van der Waals surface area contributed by atoms with Crippen molar-refractivity contribution in [1.82, 2.24) is 10.2 Å². The van der Waals surface area contributed by atoms with Gasteiger partial charge in [0.25, 0.3) is 0 Å². The van der Waals surface area contributed by atoms with Gasteiger partial charge >= 0.3 is 0 Å². The Bertz CT molecular complexity index is 795. The molecule has 7 nitrogen and oxygen atoms in total. The van der Waals surface area contributed by atoms with Crippen LogP contribution in [0.4, 0.5) is 5.13 Å². The zero-order valence-electron chi connectivity index (χ0n) is 14.0. The van der Waals surface area contributed by atoms with Crippen LogP contribution in [0.1, 0.15) is 45.4 Å². The first-order valence-electron chi connectivity index (χ1n) is 8.63. The van der Waals surface area contributed by atoms with E-state index in [1.165, 1.54) is 26.2 Å². The van der Waals surface area contributed by atoms with Gasteiger partial charge in [0.05, 0.1) is 0 Å². The fourth-order valence-corrected chi connectivity index (χ4v) is 7.76. The number of hydrogen-bond acceptors (Lipinski definition) is 7. The Morgan fingerprint density at radius 2 is 1.68 bits per heavy atom. The van der Waals surface area contributed by atoms with E-state index in [1.807, 2.05) is 0 Å². The number of carbonyl (C=O) groups is 2. The molecule has 4 fully saturated rings. The number of anilines is 1. The van der Waals surface area contributed by atoms with Gasteiger partial charge in [-0.3, -0.25) is 9.59 Å². The number of nitrogens with one attached hydrogen (secondary N) is 1. The van der Waals surface area contributed by atoms with E-state index in [4.69, 9.17) is 0 Å². The largest absolute Gasteiger partial charge is 0.301 e. The van der Waals surface area contributed by atoms with Crippen molar-refractivity contribution >= 4 is 38.0 Å². The van der Waals surface area contributed by atoms with Crippen LogP contribution in [0.3, 0.4) is 0 Å². The summed E-state index contributed by atoms with van der Waals surface area (Å²) in [6, 6.07) is 0. The van der Waals surface area contributed by atoms with Gasteiger partial charge in [0.15, 0.2) is 5.78 Å². The summed E-state index contributed by atoms with van der Waals surface area (Å²) >= 11 is 0.793. The van der Waals surface area contributed by atoms with Crippen LogP contribution in [-0.2, 0) is 19.4 Å². The SMILES string of the molecule is CC(=O)Nc1nnc(S(=O)(=O)CC(=O)C23CC4CC(CC(C4)C2)C3)s1. The van der Waals surface area contributed by atoms with Crippen molar-refractivity contribution in [3.63, 3.8) is 0 Å². The molecule has 1 amide bonds. The van der Waals surface area contributed by atoms with Gasteiger partial charge in [0.1, 0.15) is 5.75 Å². The van der Waals surface area contributed by atoms with Gasteiger partial charge < -0.3 is 5.32 Å². The highest BCUT2D eigenvalue weighted by Gasteiger charge is 2.54. The molecule has 4 aliphatic carbocycles. The Morgan fingerprint density at radius 1 is 1.12 bits per heavy atom. The number of nitrogens with zero attached hydrogens (tertiary/aromatic N) is 2. The van der Waals surface area contributed by atoms with Crippen LogP contribution in [0.5, 0.6) is 0 Å². The third-order valence-corrected chi connectivity index (χ3v) is 8.81. The molecule has 0 radical (unpaired) electrons. The monoisotopic (exact) mass is 383 g/mol. The average Bonchev–Trinajstić information content (AvgIpc) is 2.94. The summed E-state index contributed by atoms with van der Waals surface area (Å²) in [6.07, 6.45) is 6.16. The third kappa shape index (κ3) is 3.12. The highest BCUT2D eigenvalue weighted by Crippen LogP contribution is 2.60. The summed E-state index contributed by atoms with van der Waals surface area (Å²) in [5.41, 5.74) is -0.438. The molecule has 5 rings (SSSR count). The van der Waals surface area contributed by atoms with Crippen molar-refractivity contribution in [3.8, 4) is 0 Å². The minimum absolute atomic E-state index is 0.133. The zero-order chi connectivity index (χ0) is 17.8. The fourth-order valence-electron chi connectivity index (χ4n) is 5.38. The lowest BCUT2D eigenvalue weighted by atomic mass is 9.48. The van der Waals surface area contributed by atoms with Gasteiger partial charge in [-0.25, -0.2) is 8.42 Å². The predicted octanol–water partition coefficient (Wildman–Crippen LogP) is 2.06. The number of amides is 1. The van der Waals surface area contributed by atoms with Crippen molar-refractivity contribution in [2.24, 2.45) is 23.2 Å². The summed E-state index contributed by atoms with van der Waals surface area (Å²) < 4.78 is 25.0. The second kappa shape index (κ2) is 5.84. The minimum atomic E-state index is -3.82. The Balaban J connectivity index is 1.52. The minimum Gasteiger partial charge on any atom is -0.301 e. The fraction of sp³-hybridized carbons (Fsp3) is 0.750. The molecule has 1 heterocycles. The van der Waals surface area contributed by atoms with Crippen molar-refractivity contribution in [1.29, 1.82) is 0 Å². The summed E-state index contributed by atoms with van der Waals surface area (Å²) in [5, 5.41) is 9.87. The normalized spacial score (nSPS) is 33.4. The van der Waals surface area contributed by atoms with Crippen LogP contribution in [0.25, 0.3) is 0 Å². The molecule has 1 aromatic heterocycles. The lowest BCUT2D eigenvalue weighted by Gasteiger charge is -2.55.